The molecule has 0 spiro atoms. The van der Waals surface area contributed by atoms with Crippen LogP contribution in [0.2, 0.25) is 0 Å². The molecular formula is C15H20O3. The first-order valence-corrected chi connectivity index (χ1v) is 6.41. The smallest absolute Gasteiger partial charge is 0.334 e. The summed E-state index contributed by atoms with van der Waals surface area (Å²) in [5.41, 5.74) is 2.67. The van der Waals surface area contributed by atoms with Crippen LogP contribution in [0.5, 0.6) is 0 Å². The maximum atomic E-state index is 11.6. The van der Waals surface area contributed by atoms with Gasteiger partial charge in [-0.15, -0.1) is 0 Å². The number of esters is 1. The van der Waals surface area contributed by atoms with Gasteiger partial charge in [0.15, 0.2) is 0 Å². The molecule has 1 aliphatic heterocycles. The molecule has 2 rings (SSSR count). The van der Waals surface area contributed by atoms with Gasteiger partial charge in [0.2, 0.25) is 0 Å². The molecule has 0 aromatic heterocycles. The standard InChI is InChI=1S/C15H20O3/c1-9-5-4-6-10(2)13(16)8-12-11(3)15(17)18-14(12)7-9/h6-7,12-14,16H,3-5,8H2,1-2H3/b9-7-,10-6-/t12-,13-,14+/m0/s1. The topological polar surface area (TPSA) is 46.5 Å². The van der Waals surface area contributed by atoms with Crippen molar-refractivity contribution in [2.24, 2.45) is 5.92 Å². The minimum atomic E-state index is -0.518. The van der Waals surface area contributed by atoms with Crippen molar-refractivity contribution >= 4 is 5.97 Å². The van der Waals surface area contributed by atoms with Crippen LogP contribution in [0.3, 0.4) is 0 Å². The Morgan fingerprint density at radius 2 is 2.17 bits per heavy atom. The molecule has 1 aliphatic carbocycles. The molecule has 1 N–H and O–H groups in total. The zero-order chi connectivity index (χ0) is 13.3. The Morgan fingerprint density at radius 1 is 1.44 bits per heavy atom. The lowest BCUT2D eigenvalue weighted by Gasteiger charge is -2.21. The van der Waals surface area contributed by atoms with Gasteiger partial charge in [-0.05, 0) is 44.8 Å². The van der Waals surface area contributed by atoms with Crippen molar-refractivity contribution in [3.8, 4) is 0 Å². The van der Waals surface area contributed by atoms with Gasteiger partial charge < -0.3 is 9.84 Å². The van der Waals surface area contributed by atoms with Crippen molar-refractivity contribution in [2.45, 2.75) is 45.3 Å². The molecule has 3 nitrogen and oxygen atoms in total. The lowest BCUT2D eigenvalue weighted by atomic mass is 9.87. The predicted octanol–water partition coefficient (Wildman–Crippen LogP) is 2.52. The predicted molar refractivity (Wildman–Crippen MR) is 69.9 cm³/mol. The SMILES string of the molecule is C=C1C(=O)O[C@@H]2/C=C(/C)CC/C=C(/C)[C@@H](O)C[C@@H]12. The molecule has 0 amide bonds. The van der Waals surface area contributed by atoms with E-state index >= 15 is 0 Å². The summed E-state index contributed by atoms with van der Waals surface area (Å²) in [4.78, 5) is 11.6. The highest BCUT2D eigenvalue weighted by atomic mass is 16.5. The van der Waals surface area contributed by atoms with Gasteiger partial charge in [0.25, 0.3) is 0 Å². The number of fused-ring (bicyclic) bond motifs is 1. The molecule has 1 saturated heterocycles. The normalized spacial score (nSPS) is 39.2. The van der Waals surface area contributed by atoms with Gasteiger partial charge in [-0.2, -0.15) is 0 Å². The van der Waals surface area contributed by atoms with Crippen LogP contribution in [0.1, 0.15) is 33.1 Å². The fourth-order valence-electron chi connectivity index (χ4n) is 2.51. The van der Waals surface area contributed by atoms with Crippen LogP contribution in [-0.2, 0) is 9.53 Å². The van der Waals surface area contributed by atoms with Crippen LogP contribution in [0.4, 0.5) is 0 Å². The van der Waals surface area contributed by atoms with E-state index in [1.54, 1.807) is 0 Å². The molecule has 0 saturated carbocycles. The summed E-state index contributed by atoms with van der Waals surface area (Å²) in [5.74, 6) is -0.439. The Kier molecular flexibility index (Phi) is 3.71. The second kappa shape index (κ2) is 5.11. The molecule has 3 atom stereocenters. The van der Waals surface area contributed by atoms with Crippen molar-refractivity contribution < 1.29 is 14.6 Å². The van der Waals surface area contributed by atoms with Crippen molar-refractivity contribution in [3.05, 3.63) is 35.5 Å². The Balaban J connectivity index is 2.30. The highest BCUT2D eigenvalue weighted by molar-refractivity contribution is 5.91. The first-order valence-electron chi connectivity index (χ1n) is 6.41. The van der Waals surface area contributed by atoms with Gasteiger partial charge in [0.05, 0.1) is 6.10 Å². The van der Waals surface area contributed by atoms with Crippen LogP contribution < -0.4 is 0 Å². The van der Waals surface area contributed by atoms with Crippen molar-refractivity contribution in [1.29, 1.82) is 0 Å². The average molecular weight is 248 g/mol. The summed E-state index contributed by atoms with van der Waals surface area (Å²) in [7, 11) is 0. The maximum absolute atomic E-state index is 11.6. The molecule has 1 fully saturated rings. The highest BCUT2D eigenvalue weighted by Crippen LogP contribution is 2.34. The number of carbonyl (C=O) groups is 1. The van der Waals surface area contributed by atoms with Gasteiger partial charge >= 0.3 is 5.97 Å². The molecule has 0 radical (unpaired) electrons. The number of hydrogen-bond donors (Lipinski definition) is 1. The first-order chi connectivity index (χ1) is 8.49. The number of aliphatic hydroxyl groups excluding tert-OH is 1. The first kappa shape index (κ1) is 13.1. The van der Waals surface area contributed by atoms with Crippen LogP contribution in [0.25, 0.3) is 0 Å². The summed E-state index contributed by atoms with van der Waals surface area (Å²) in [5, 5.41) is 10.1. The van der Waals surface area contributed by atoms with Crippen LogP contribution >= 0.6 is 0 Å². The fraction of sp³-hybridized carbons (Fsp3) is 0.533. The Hall–Kier alpha value is -1.35. The maximum Gasteiger partial charge on any atom is 0.334 e. The zero-order valence-corrected chi connectivity index (χ0v) is 11.0. The van der Waals surface area contributed by atoms with Gasteiger partial charge in [-0.3, -0.25) is 0 Å². The van der Waals surface area contributed by atoms with Gasteiger partial charge in [-0.1, -0.05) is 18.2 Å². The summed E-state index contributed by atoms with van der Waals surface area (Å²) in [6, 6.07) is 0. The van der Waals surface area contributed by atoms with E-state index < -0.39 is 6.10 Å². The number of rotatable bonds is 0. The van der Waals surface area contributed by atoms with E-state index in [0.717, 1.165) is 18.4 Å². The second-order valence-electron chi connectivity index (χ2n) is 5.25. The molecule has 98 valence electrons. The third-order valence-corrected chi connectivity index (χ3v) is 3.81. The number of aliphatic hydroxyl groups is 1. The number of hydrogen-bond acceptors (Lipinski definition) is 3. The Bertz CT molecular complexity index is 431. The van der Waals surface area contributed by atoms with E-state index in [0.29, 0.717) is 12.0 Å². The minimum absolute atomic E-state index is 0.108. The zero-order valence-electron chi connectivity index (χ0n) is 11.0. The highest BCUT2D eigenvalue weighted by Gasteiger charge is 2.38. The van der Waals surface area contributed by atoms with E-state index in [2.05, 4.69) is 12.7 Å². The van der Waals surface area contributed by atoms with Gasteiger partial charge in [0.1, 0.15) is 6.10 Å². The van der Waals surface area contributed by atoms with E-state index in [-0.39, 0.29) is 18.0 Å². The van der Waals surface area contributed by atoms with Crippen LogP contribution in [0, 0.1) is 5.92 Å². The molecule has 1 heterocycles. The molecule has 2 aliphatic rings. The average Bonchev–Trinajstić information content (AvgIpc) is 2.56. The van der Waals surface area contributed by atoms with E-state index in [4.69, 9.17) is 4.74 Å². The number of ether oxygens (including phenoxy) is 1. The summed E-state index contributed by atoms with van der Waals surface area (Å²) in [6.45, 7) is 7.78. The molecule has 0 aromatic carbocycles. The lowest BCUT2D eigenvalue weighted by Crippen LogP contribution is -2.22. The monoisotopic (exact) mass is 248 g/mol. The second-order valence-corrected chi connectivity index (χ2v) is 5.25. The van der Waals surface area contributed by atoms with Crippen LogP contribution in [0.15, 0.2) is 35.5 Å². The molecule has 0 aromatic rings. The van der Waals surface area contributed by atoms with Crippen molar-refractivity contribution in [1.82, 2.24) is 0 Å². The number of allylic oxidation sites excluding steroid dienone is 2. The minimum Gasteiger partial charge on any atom is -0.454 e. The number of carbonyl (C=O) groups excluding carboxylic acids is 1. The molecule has 18 heavy (non-hydrogen) atoms. The van der Waals surface area contributed by atoms with Crippen molar-refractivity contribution in [3.63, 3.8) is 0 Å². The van der Waals surface area contributed by atoms with Crippen molar-refractivity contribution in [2.75, 3.05) is 0 Å². The van der Waals surface area contributed by atoms with Crippen LogP contribution in [-0.4, -0.2) is 23.3 Å². The van der Waals surface area contributed by atoms with Gasteiger partial charge in [0, 0.05) is 11.5 Å². The fourth-order valence-corrected chi connectivity index (χ4v) is 2.51. The summed E-state index contributed by atoms with van der Waals surface area (Å²) in [6.07, 6.45) is 5.64. The molecule has 3 heteroatoms. The van der Waals surface area contributed by atoms with E-state index in [1.165, 1.54) is 5.57 Å². The Labute approximate surface area is 108 Å². The molecule has 0 bridgehead atoms. The third-order valence-electron chi connectivity index (χ3n) is 3.81. The molecule has 0 unspecified atom stereocenters. The molecular weight excluding hydrogens is 228 g/mol. The van der Waals surface area contributed by atoms with E-state index in [9.17, 15) is 9.90 Å². The summed E-state index contributed by atoms with van der Waals surface area (Å²) >= 11 is 0. The van der Waals surface area contributed by atoms with E-state index in [1.807, 2.05) is 19.9 Å². The third kappa shape index (κ3) is 2.56. The quantitative estimate of drug-likeness (QED) is 0.407. The summed E-state index contributed by atoms with van der Waals surface area (Å²) < 4.78 is 5.32. The lowest BCUT2D eigenvalue weighted by molar-refractivity contribution is -0.137. The largest absolute Gasteiger partial charge is 0.454 e. The Morgan fingerprint density at radius 3 is 2.89 bits per heavy atom. The van der Waals surface area contributed by atoms with Gasteiger partial charge in [-0.25, -0.2) is 4.79 Å².